The molecule has 0 spiro atoms. The van der Waals surface area contributed by atoms with E-state index in [4.69, 9.17) is 11.6 Å². The van der Waals surface area contributed by atoms with Crippen molar-refractivity contribution in [1.29, 1.82) is 0 Å². The summed E-state index contributed by atoms with van der Waals surface area (Å²) >= 11 is 0. The number of nitro benzene ring substituents is 1. The predicted octanol–water partition coefficient (Wildman–Crippen LogP) is -0.126. The fourth-order valence-corrected chi connectivity index (χ4v) is 1.61. The molecule has 0 aliphatic heterocycles. The van der Waals surface area contributed by atoms with Crippen LogP contribution in [0, 0.1) is 10.1 Å². The molecule has 6 N–H and O–H groups in total. The van der Waals surface area contributed by atoms with Crippen LogP contribution in [0.15, 0.2) is 18.2 Å². The molecular weight excluding hydrogens is 266 g/mol. The zero-order valence-corrected chi connectivity index (χ0v) is 10.8. The van der Waals surface area contributed by atoms with E-state index >= 15 is 0 Å². The van der Waals surface area contributed by atoms with Crippen LogP contribution in [0.25, 0.3) is 0 Å². The molecule has 2 amide bonds. The molecule has 1 atom stereocenters. The number of anilines is 1. The molecule has 0 fully saturated rings. The Kier molecular flexibility index (Phi) is 4.98. The van der Waals surface area contributed by atoms with E-state index in [1.54, 1.807) is 6.92 Å². The number of carbonyl (C=O) groups excluding carboxylic acids is 2. The normalized spacial score (nSPS) is 11.5. The number of hydrogen-bond acceptors (Lipinski definition) is 6. The van der Waals surface area contributed by atoms with Gasteiger partial charge < -0.3 is 16.5 Å². The second-order valence-electron chi connectivity index (χ2n) is 4.18. The molecule has 0 bridgehead atoms. The third-order valence-corrected chi connectivity index (χ3v) is 2.50. The monoisotopic (exact) mass is 281 g/mol. The summed E-state index contributed by atoms with van der Waals surface area (Å²) in [6.45, 7) is 1.62. The average molecular weight is 281 g/mol. The third kappa shape index (κ3) is 3.92. The highest BCUT2D eigenvalue weighted by Crippen LogP contribution is 2.24. The topological polar surface area (TPSA) is 153 Å². The highest BCUT2D eigenvalue weighted by Gasteiger charge is 2.17. The van der Waals surface area contributed by atoms with Crippen LogP contribution in [-0.4, -0.2) is 22.8 Å². The Morgan fingerprint density at radius 3 is 2.60 bits per heavy atom. The second-order valence-corrected chi connectivity index (χ2v) is 4.18. The van der Waals surface area contributed by atoms with Gasteiger partial charge in [-0.2, -0.15) is 0 Å². The minimum atomic E-state index is -0.618. The zero-order chi connectivity index (χ0) is 15.3. The van der Waals surface area contributed by atoms with E-state index in [1.165, 1.54) is 18.2 Å². The molecule has 0 radical (unpaired) electrons. The van der Waals surface area contributed by atoms with Gasteiger partial charge in [0.25, 0.3) is 11.6 Å². The average Bonchev–Trinajstić information content (AvgIpc) is 2.36. The quantitative estimate of drug-likeness (QED) is 0.323. The van der Waals surface area contributed by atoms with Crippen molar-refractivity contribution < 1.29 is 14.5 Å². The Morgan fingerprint density at radius 2 is 2.10 bits per heavy atom. The molecule has 9 heteroatoms. The summed E-state index contributed by atoms with van der Waals surface area (Å²) in [7, 11) is 0. The van der Waals surface area contributed by atoms with Gasteiger partial charge in [-0.05, 0) is 19.1 Å². The molecule has 0 aliphatic carbocycles. The van der Waals surface area contributed by atoms with Crippen molar-refractivity contribution in [2.75, 3.05) is 5.43 Å². The number of primary amides is 1. The molecule has 20 heavy (non-hydrogen) atoms. The lowest BCUT2D eigenvalue weighted by Gasteiger charge is -2.12. The highest BCUT2D eigenvalue weighted by atomic mass is 16.6. The minimum absolute atomic E-state index is 0.000712. The van der Waals surface area contributed by atoms with Gasteiger partial charge in [-0.25, -0.2) is 0 Å². The Bertz CT molecular complexity index is 546. The van der Waals surface area contributed by atoms with Crippen LogP contribution in [0.2, 0.25) is 0 Å². The number of nitrogens with two attached hydrogens (primary N) is 2. The van der Waals surface area contributed by atoms with Gasteiger partial charge in [0.1, 0.15) is 5.69 Å². The Balaban J connectivity index is 2.89. The Hall–Kier alpha value is -2.68. The van der Waals surface area contributed by atoms with Crippen molar-refractivity contribution in [3.63, 3.8) is 0 Å². The maximum atomic E-state index is 11.9. The van der Waals surface area contributed by atoms with Crippen LogP contribution >= 0.6 is 0 Å². The second kappa shape index (κ2) is 6.48. The van der Waals surface area contributed by atoms with Crippen LogP contribution in [0.3, 0.4) is 0 Å². The summed E-state index contributed by atoms with van der Waals surface area (Å²) in [6, 6.07) is 3.28. The first-order valence-corrected chi connectivity index (χ1v) is 5.69. The van der Waals surface area contributed by atoms with Crippen LogP contribution < -0.4 is 22.3 Å². The number of nitrogens with one attached hydrogen (secondary N) is 2. The smallest absolute Gasteiger partial charge is 0.293 e. The van der Waals surface area contributed by atoms with E-state index in [2.05, 4.69) is 10.7 Å². The number of nitrogen functional groups attached to an aromatic ring is 1. The minimum Gasteiger partial charge on any atom is -0.370 e. The predicted molar refractivity (Wildman–Crippen MR) is 71.6 cm³/mol. The molecule has 0 saturated carbocycles. The molecule has 1 rings (SSSR count). The van der Waals surface area contributed by atoms with Crippen molar-refractivity contribution in [2.45, 2.75) is 19.4 Å². The van der Waals surface area contributed by atoms with E-state index in [-0.39, 0.29) is 23.4 Å². The van der Waals surface area contributed by atoms with Crippen LogP contribution in [-0.2, 0) is 4.79 Å². The summed E-state index contributed by atoms with van der Waals surface area (Å²) in [6.07, 6.45) is 0.000712. The molecule has 1 unspecified atom stereocenters. The molecule has 0 aliphatic rings. The molecule has 0 saturated heterocycles. The summed E-state index contributed by atoms with van der Waals surface area (Å²) < 4.78 is 0. The SMILES string of the molecule is CC(CC(N)=O)NC(=O)c1ccc([N+](=O)[O-])c(NN)c1. The number of rotatable bonds is 6. The molecule has 1 aromatic rings. The first-order valence-electron chi connectivity index (χ1n) is 5.69. The van der Waals surface area contributed by atoms with Crippen LogP contribution in [0.5, 0.6) is 0 Å². The largest absolute Gasteiger partial charge is 0.370 e. The number of hydrazine groups is 1. The Labute approximate surface area is 114 Å². The van der Waals surface area contributed by atoms with Crippen molar-refractivity contribution >= 4 is 23.2 Å². The number of hydrogen-bond donors (Lipinski definition) is 4. The zero-order valence-electron chi connectivity index (χ0n) is 10.8. The molecule has 108 valence electrons. The number of amides is 2. The molecule has 1 aromatic carbocycles. The van der Waals surface area contributed by atoms with Crippen LogP contribution in [0.4, 0.5) is 11.4 Å². The van der Waals surface area contributed by atoms with Crippen molar-refractivity contribution in [1.82, 2.24) is 5.32 Å². The molecule has 9 nitrogen and oxygen atoms in total. The van der Waals surface area contributed by atoms with Crippen molar-refractivity contribution in [3.8, 4) is 0 Å². The van der Waals surface area contributed by atoms with Crippen molar-refractivity contribution in [2.24, 2.45) is 11.6 Å². The van der Waals surface area contributed by atoms with Gasteiger partial charge in [0.2, 0.25) is 5.91 Å². The van der Waals surface area contributed by atoms with E-state index in [1.807, 2.05) is 0 Å². The lowest BCUT2D eigenvalue weighted by molar-refractivity contribution is -0.384. The van der Waals surface area contributed by atoms with Gasteiger partial charge in [0.05, 0.1) is 4.92 Å². The van der Waals surface area contributed by atoms with E-state index in [0.717, 1.165) is 0 Å². The Morgan fingerprint density at radius 1 is 1.45 bits per heavy atom. The number of carbonyl (C=O) groups is 2. The number of benzene rings is 1. The van der Waals surface area contributed by atoms with Gasteiger partial charge in [-0.15, -0.1) is 0 Å². The van der Waals surface area contributed by atoms with E-state index in [9.17, 15) is 19.7 Å². The van der Waals surface area contributed by atoms with Crippen LogP contribution in [0.1, 0.15) is 23.7 Å². The lowest BCUT2D eigenvalue weighted by Crippen LogP contribution is -2.35. The van der Waals surface area contributed by atoms with Gasteiger partial charge in [0.15, 0.2) is 0 Å². The summed E-state index contributed by atoms with van der Waals surface area (Å²) in [4.78, 5) is 32.7. The number of nitrogens with zero attached hydrogens (tertiary/aromatic N) is 1. The standard InChI is InChI=1S/C11H15N5O4/c1-6(4-10(12)17)14-11(18)7-2-3-9(16(19)20)8(5-7)15-13/h2-3,5-6,15H,4,13H2,1H3,(H2,12,17)(H,14,18). The highest BCUT2D eigenvalue weighted by molar-refractivity contribution is 5.96. The molecule has 0 heterocycles. The van der Waals surface area contributed by atoms with Gasteiger partial charge in [-0.3, -0.25) is 25.5 Å². The lowest BCUT2D eigenvalue weighted by atomic mass is 10.1. The molecule has 0 aromatic heterocycles. The fourth-order valence-electron chi connectivity index (χ4n) is 1.61. The fraction of sp³-hybridized carbons (Fsp3) is 0.273. The maximum absolute atomic E-state index is 11.9. The number of nitro groups is 1. The van der Waals surface area contributed by atoms with Crippen molar-refractivity contribution in [3.05, 3.63) is 33.9 Å². The van der Waals surface area contributed by atoms with E-state index in [0.29, 0.717) is 0 Å². The molecular formula is C11H15N5O4. The third-order valence-electron chi connectivity index (χ3n) is 2.50. The van der Waals surface area contributed by atoms with Gasteiger partial charge in [-0.1, -0.05) is 0 Å². The summed E-state index contributed by atoms with van der Waals surface area (Å²) in [5, 5.41) is 13.3. The maximum Gasteiger partial charge on any atom is 0.293 e. The summed E-state index contributed by atoms with van der Waals surface area (Å²) in [5.74, 6) is 4.16. The van der Waals surface area contributed by atoms with Gasteiger partial charge in [0, 0.05) is 24.1 Å². The summed E-state index contributed by atoms with van der Waals surface area (Å²) in [5.41, 5.74) is 7.13. The van der Waals surface area contributed by atoms with E-state index < -0.39 is 22.8 Å². The first-order chi connectivity index (χ1) is 9.35. The van der Waals surface area contributed by atoms with Gasteiger partial charge >= 0.3 is 0 Å². The first kappa shape index (κ1) is 15.4.